The number of nitrogens with zero attached hydrogens (tertiary/aromatic N) is 5. The molecule has 1 fully saturated rings. The molecule has 3 N–H and O–H groups in total. The standard InChI is InChI=1S/C28H26N8O/c1-19-4-7-23(15-26(19)35-28-31-13-10-25(34-28)21-3-2-12-30-16-21)33-27(37)20-5-8-22(9-6-20)32-24-11-14-36(17-24)18-29/h2-10,12-13,15-16,24,32H,11,14,17H2,1H3,(H,33,37)(H,31,34,35). The van der Waals surface area contributed by atoms with Gasteiger partial charge in [-0.25, -0.2) is 9.97 Å². The van der Waals surface area contributed by atoms with Crippen LogP contribution in [0, 0.1) is 18.4 Å². The van der Waals surface area contributed by atoms with Gasteiger partial charge in [0.25, 0.3) is 5.91 Å². The summed E-state index contributed by atoms with van der Waals surface area (Å²) >= 11 is 0. The highest BCUT2D eigenvalue weighted by Crippen LogP contribution is 2.25. The number of aryl methyl sites for hydroxylation is 1. The molecule has 5 rings (SSSR count). The second kappa shape index (κ2) is 10.7. The van der Waals surface area contributed by atoms with Crippen molar-refractivity contribution in [3.63, 3.8) is 0 Å². The minimum absolute atomic E-state index is 0.201. The molecule has 1 amide bonds. The lowest BCUT2D eigenvalue weighted by Gasteiger charge is -2.14. The van der Waals surface area contributed by atoms with Gasteiger partial charge in [-0.2, -0.15) is 5.26 Å². The van der Waals surface area contributed by atoms with E-state index in [0.29, 0.717) is 23.7 Å². The van der Waals surface area contributed by atoms with Crippen molar-refractivity contribution in [2.24, 2.45) is 0 Å². The van der Waals surface area contributed by atoms with E-state index in [0.717, 1.165) is 41.2 Å². The van der Waals surface area contributed by atoms with Gasteiger partial charge in [-0.05, 0) is 73.5 Å². The summed E-state index contributed by atoms with van der Waals surface area (Å²) in [4.78, 5) is 27.7. The smallest absolute Gasteiger partial charge is 0.255 e. The zero-order valence-corrected chi connectivity index (χ0v) is 20.3. The molecule has 1 unspecified atom stereocenters. The molecule has 2 aromatic carbocycles. The van der Waals surface area contributed by atoms with Crippen LogP contribution in [0.1, 0.15) is 22.3 Å². The van der Waals surface area contributed by atoms with Crippen LogP contribution in [0.15, 0.2) is 79.3 Å². The number of rotatable bonds is 7. The Kier molecular flexibility index (Phi) is 6.90. The number of amides is 1. The molecule has 0 bridgehead atoms. The number of pyridine rings is 1. The van der Waals surface area contributed by atoms with Crippen molar-refractivity contribution in [2.75, 3.05) is 29.0 Å². The van der Waals surface area contributed by atoms with E-state index in [-0.39, 0.29) is 11.9 Å². The molecule has 0 radical (unpaired) electrons. The Morgan fingerprint density at radius 2 is 1.92 bits per heavy atom. The minimum atomic E-state index is -0.201. The van der Waals surface area contributed by atoms with Gasteiger partial charge in [-0.3, -0.25) is 9.78 Å². The van der Waals surface area contributed by atoms with Gasteiger partial charge in [0, 0.05) is 65.9 Å². The van der Waals surface area contributed by atoms with Gasteiger partial charge in [0.15, 0.2) is 6.19 Å². The first-order valence-corrected chi connectivity index (χ1v) is 12.0. The van der Waals surface area contributed by atoms with E-state index in [1.807, 2.05) is 55.5 Å². The third-order valence-corrected chi connectivity index (χ3v) is 6.20. The molecule has 3 heterocycles. The van der Waals surface area contributed by atoms with E-state index in [2.05, 4.69) is 37.1 Å². The Hall–Kier alpha value is -4.97. The molecule has 9 heteroatoms. The van der Waals surface area contributed by atoms with Crippen LogP contribution >= 0.6 is 0 Å². The summed E-state index contributed by atoms with van der Waals surface area (Å²) in [5.74, 6) is 0.254. The van der Waals surface area contributed by atoms with E-state index in [1.54, 1.807) is 35.6 Å². The molecule has 184 valence electrons. The monoisotopic (exact) mass is 490 g/mol. The van der Waals surface area contributed by atoms with Crippen LogP contribution in [0.2, 0.25) is 0 Å². The predicted molar refractivity (Wildman–Crippen MR) is 143 cm³/mol. The Balaban J connectivity index is 1.24. The molecule has 1 saturated heterocycles. The first kappa shape index (κ1) is 23.8. The Bertz CT molecular complexity index is 1430. The minimum Gasteiger partial charge on any atom is -0.380 e. The van der Waals surface area contributed by atoms with Gasteiger partial charge in [0.1, 0.15) is 0 Å². The molecule has 1 aliphatic heterocycles. The predicted octanol–water partition coefficient (Wildman–Crippen LogP) is 4.81. The van der Waals surface area contributed by atoms with Crippen LogP contribution in [0.5, 0.6) is 0 Å². The zero-order valence-electron chi connectivity index (χ0n) is 20.3. The van der Waals surface area contributed by atoms with Gasteiger partial charge < -0.3 is 20.9 Å². The number of nitriles is 1. The lowest BCUT2D eigenvalue weighted by Crippen LogP contribution is -2.23. The maximum atomic E-state index is 12.9. The van der Waals surface area contributed by atoms with E-state index in [9.17, 15) is 4.79 Å². The quantitative estimate of drug-likeness (QED) is 0.316. The first-order chi connectivity index (χ1) is 18.1. The summed E-state index contributed by atoms with van der Waals surface area (Å²) in [5.41, 5.74) is 5.59. The van der Waals surface area contributed by atoms with Gasteiger partial charge >= 0.3 is 0 Å². The first-order valence-electron chi connectivity index (χ1n) is 12.0. The molecule has 1 atom stereocenters. The maximum absolute atomic E-state index is 12.9. The third kappa shape index (κ3) is 5.82. The van der Waals surface area contributed by atoms with E-state index < -0.39 is 0 Å². The van der Waals surface area contributed by atoms with Crippen molar-refractivity contribution in [1.82, 2.24) is 19.9 Å². The number of hydrogen-bond donors (Lipinski definition) is 3. The van der Waals surface area contributed by atoms with Crippen molar-refractivity contribution >= 4 is 28.9 Å². The molecular formula is C28H26N8O. The summed E-state index contributed by atoms with van der Waals surface area (Å²) in [6.45, 7) is 3.44. The van der Waals surface area contributed by atoms with Gasteiger partial charge in [-0.15, -0.1) is 0 Å². The van der Waals surface area contributed by atoms with Crippen molar-refractivity contribution in [3.05, 3.63) is 90.4 Å². The number of likely N-dealkylation sites (tertiary alicyclic amines) is 1. The fourth-order valence-electron chi connectivity index (χ4n) is 4.17. The topological polar surface area (TPSA) is 119 Å². The number of nitrogens with one attached hydrogen (secondary N) is 3. The SMILES string of the molecule is Cc1ccc(NC(=O)c2ccc(NC3CCN(C#N)C3)cc2)cc1Nc1nccc(-c2cccnc2)n1. The third-order valence-electron chi connectivity index (χ3n) is 6.20. The second-order valence-electron chi connectivity index (χ2n) is 8.87. The van der Waals surface area contributed by atoms with E-state index >= 15 is 0 Å². The van der Waals surface area contributed by atoms with Crippen LogP contribution < -0.4 is 16.0 Å². The maximum Gasteiger partial charge on any atom is 0.255 e. The number of anilines is 4. The fourth-order valence-corrected chi connectivity index (χ4v) is 4.17. The number of benzene rings is 2. The molecule has 4 aromatic rings. The lowest BCUT2D eigenvalue weighted by atomic mass is 10.1. The molecule has 37 heavy (non-hydrogen) atoms. The molecule has 1 aliphatic rings. The summed E-state index contributed by atoms with van der Waals surface area (Å²) in [6.07, 6.45) is 8.27. The summed E-state index contributed by atoms with van der Waals surface area (Å²) in [5, 5.41) is 18.7. The van der Waals surface area contributed by atoms with Crippen molar-refractivity contribution in [3.8, 4) is 17.5 Å². The summed E-state index contributed by atoms with van der Waals surface area (Å²) in [6, 6.07) is 18.9. The zero-order chi connectivity index (χ0) is 25.6. The molecule has 2 aromatic heterocycles. The highest BCUT2D eigenvalue weighted by Gasteiger charge is 2.21. The van der Waals surface area contributed by atoms with Crippen LogP contribution in [0.3, 0.4) is 0 Å². The average Bonchev–Trinajstić information content (AvgIpc) is 3.39. The van der Waals surface area contributed by atoms with Crippen LogP contribution in [0.25, 0.3) is 11.3 Å². The Morgan fingerprint density at radius 3 is 2.68 bits per heavy atom. The molecule has 9 nitrogen and oxygen atoms in total. The van der Waals surface area contributed by atoms with Gasteiger partial charge in [0.05, 0.1) is 5.69 Å². The molecule has 0 aliphatic carbocycles. The summed E-state index contributed by atoms with van der Waals surface area (Å²) < 4.78 is 0. The number of hydrogen-bond acceptors (Lipinski definition) is 8. The number of carbonyl (C=O) groups is 1. The molecular weight excluding hydrogens is 464 g/mol. The second-order valence-corrected chi connectivity index (χ2v) is 8.87. The van der Waals surface area contributed by atoms with Gasteiger partial charge in [-0.1, -0.05) is 6.07 Å². The van der Waals surface area contributed by atoms with Crippen molar-refractivity contribution < 1.29 is 4.79 Å². The highest BCUT2D eigenvalue weighted by molar-refractivity contribution is 6.04. The largest absolute Gasteiger partial charge is 0.380 e. The van der Waals surface area contributed by atoms with Crippen LogP contribution in [-0.4, -0.2) is 44.9 Å². The Labute approximate surface area is 215 Å². The highest BCUT2D eigenvalue weighted by atomic mass is 16.1. The van der Waals surface area contributed by atoms with Crippen LogP contribution in [0.4, 0.5) is 23.0 Å². The van der Waals surface area contributed by atoms with Gasteiger partial charge in [0.2, 0.25) is 5.95 Å². The van der Waals surface area contributed by atoms with E-state index in [1.165, 1.54) is 0 Å². The fraction of sp³-hybridized carbons (Fsp3) is 0.179. The molecule has 0 spiro atoms. The molecule has 0 saturated carbocycles. The van der Waals surface area contributed by atoms with E-state index in [4.69, 9.17) is 5.26 Å². The Morgan fingerprint density at radius 1 is 1.08 bits per heavy atom. The average molecular weight is 491 g/mol. The number of carbonyl (C=O) groups excluding carboxylic acids is 1. The van der Waals surface area contributed by atoms with Crippen LogP contribution in [-0.2, 0) is 0 Å². The summed E-state index contributed by atoms with van der Waals surface area (Å²) in [7, 11) is 0. The van der Waals surface area contributed by atoms with Crippen molar-refractivity contribution in [2.45, 2.75) is 19.4 Å². The number of aromatic nitrogens is 3. The lowest BCUT2D eigenvalue weighted by molar-refractivity contribution is 0.102. The normalized spacial score (nSPS) is 14.6. The van der Waals surface area contributed by atoms with Crippen molar-refractivity contribution in [1.29, 1.82) is 5.26 Å².